The molecule has 1 aromatic carbocycles. The molecular weight excluding hydrogens is 378 g/mol. The molecular formula is C18H19F4N5O. The van der Waals surface area contributed by atoms with Gasteiger partial charge in [0.1, 0.15) is 18.2 Å². The van der Waals surface area contributed by atoms with Gasteiger partial charge in [-0.1, -0.05) is 12.1 Å². The van der Waals surface area contributed by atoms with Gasteiger partial charge < -0.3 is 15.5 Å². The molecule has 1 aliphatic heterocycles. The van der Waals surface area contributed by atoms with Crippen LogP contribution in [0.3, 0.4) is 0 Å². The highest BCUT2D eigenvalue weighted by molar-refractivity contribution is 5.79. The third-order valence-corrected chi connectivity index (χ3v) is 4.39. The van der Waals surface area contributed by atoms with E-state index in [1.54, 1.807) is 24.3 Å². The number of rotatable bonds is 5. The van der Waals surface area contributed by atoms with E-state index in [2.05, 4.69) is 15.3 Å². The number of aromatic nitrogens is 2. The summed E-state index contributed by atoms with van der Waals surface area (Å²) in [6, 6.07) is 7.80. The number of anilines is 3. The number of carbonyl (C=O) groups excluding carboxylic acids is 1. The molecule has 2 heterocycles. The molecule has 0 unspecified atom stereocenters. The van der Waals surface area contributed by atoms with Gasteiger partial charge >= 0.3 is 6.18 Å². The molecule has 0 spiro atoms. The fourth-order valence-corrected chi connectivity index (χ4v) is 2.94. The summed E-state index contributed by atoms with van der Waals surface area (Å²) in [5.41, 5.74) is 0.284. The predicted octanol–water partition coefficient (Wildman–Crippen LogP) is 3.25. The van der Waals surface area contributed by atoms with Gasteiger partial charge in [0.25, 0.3) is 0 Å². The first-order valence-electron chi connectivity index (χ1n) is 8.76. The summed E-state index contributed by atoms with van der Waals surface area (Å²) >= 11 is 0. The fourth-order valence-electron chi connectivity index (χ4n) is 2.94. The molecule has 1 saturated heterocycles. The van der Waals surface area contributed by atoms with Gasteiger partial charge in [-0.15, -0.1) is 0 Å². The lowest BCUT2D eigenvalue weighted by atomic mass is 9.96. The number of halogens is 4. The molecule has 10 heteroatoms. The smallest absolute Gasteiger partial charge is 0.347 e. The van der Waals surface area contributed by atoms with Gasteiger partial charge in [-0.3, -0.25) is 4.79 Å². The van der Waals surface area contributed by atoms with Crippen molar-refractivity contribution in [1.82, 2.24) is 15.3 Å². The zero-order chi connectivity index (χ0) is 20.1. The van der Waals surface area contributed by atoms with E-state index in [9.17, 15) is 22.4 Å². The van der Waals surface area contributed by atoms with E-state index in [0.29, 0.717) is 37.7 Å². The Morgan fingerprint density at radius 2 is 1.89 bits per heavy atom. The number of nitrogens with one attached hydrogen (secondary N) is 2. The summed E-state index contributed by atoms with van der Waals surface area (Å²) in [7, 11) is 0. The van der Waals surface area contributed by atoms with E-state index in [4.69, 9.17) is 0 Å². The molecule has 1 aromatic heterocycles. The Balaban J connectivity index is 1.57. The van der Waals surface area contributed by atoms with Crippen LogP contribution < -0.4 is 15.5 Å². The maximum atomic E-state index is 13.8. The van der Waals surface area contributed by atoms with Crippen LogP contribution in [0.15, 0.2) is 36.5 Å². The van der Waals surface area contributed by atoms with E-state index >= 15 is 0 Å². The minimum Gasteiger partial charge on any atom is -0.347 e. The van der Waals surface area contributed by atoms with Crippen molar-refractivity contribution in [2.45, 2.75) is 19.0 Å². The molecule has 0 bridgehead atoms. The third-order valence-electron chi connectivity index (χ3n) is 4.39. The van der Waals surface area contributed by atoms with Crippen molar-refractivity contribution in [3.05, 3.63) is 42.3 Å². The van der Waals surface area contributed by atoms with Crippen LogP contribution in [0, 0.1) is 11.7 Å². The van der Waals surface area contributed by atoms with Crippen LogP contribution in [0.4, 0.5) is 35.0 Å². The molecule has 2 N–H and O–H groups in total. The molecule has 150 valence electrons. The van der Waals surface area contributed by atoms with Crippen molar-refractivity contribution in [1.29, 1.82) is 0 Å². The lowest BCUT2D eigenvalue weighted by molar-refractivity contribution is -0.141. The van der Waals surface area contributed by atoms with E-state index < -0.39 is 30.4 Å². The average Bonchev–Trinajstić information content (AvgIpc) is 2.68. The van der Waals surface area contributed by atoms with Gasteiger partial charge in [-0.2, -0.15) is 18.2 Å². The van der Waals surface area contributed by atoms with Crippen molar-refractivity contribution in [2.24, 2.45) is 5.92 Å². The Hall–Kier alpha value is -2.91. The third kappa shape index (κ3) is 5.30. The quantitative estimate of drug-likeness (QED) is 0.758. The maximum Gasteiger partial charge on any atom is 0.405 e. The summed E-state index contributed by atoms with van der Waals surface area (Å²) in [5.74, 6) is -0.643. The SMILES string of the molecule is O=C(NCC(F)(F)F)C1CCN(c2nccc(Nc3ccccc3F)n2)CC1. The summed E-state index contributed by atoms with van der Waals surface area (Å²) < 4.78 is 50.4. The maximum absolute atomic E-state index is 13.8. The highest BCUT2D eigenvalue weighted by atomic mass is 19.4. The molecule has 1 fully saturated rings. The van der Waals surface area contributed by atoms with Crippen molar-refractivity contribution in [3.8, 4) is 0 Å². The van der Waals surface area contributed by atoms with Gasteiger partial charge in [0.15, 0.2) is 0 Å². The molecule has 0 saturated carbocycles. The Labute approximate surface area is 159 Å². The first-order chi connectivity index (χ1) is 13.3. The van der Waals surface area contributed by atoms with Crippen LogP contribution in [0.1, 0.15) is 12.8 Å². The second-order valence-corrected chi connectivity index (χ2v) is 6.44. The van der Waals surface area contributed by atoms with Gasteiger partial charge in [0, 0.05) is 25.2 Å². The number of amides is 1. The normalized spacial score (nSPS) is 15.4. The molecule has 1 amide bonds. The zero-order valence-electron chi connectivity index (χ0n) is 14.8. The second-order valence-electron chi connectivity index (χ2n) is 6.44. The summed E-state index contributed by atoms with van der Waals surface area (Å²) in [6.07, 6.45) is -2.08. The molecule has 3 rings (SSSR count). The second kappa shape index (κ2) is 8.41. The van der Waals surface area contributed by atoms with Crippen molar-refractivity contribution in [3.63, 3.8) is 0 Å². The average molecular weight is 397 g/mol. The number of alkyl halides is 3. The van der Waals surface area contributed by atoms with Gasteiger partial charge in [0.2, 0.25) is 11.9 Å². The standard InChI is InChI=1S/C18H19F4N5O/c19-13-3-1-2-4-14(13)25-15-5-8-23-17(26-15)27-9-6-12(7-10-27)16(28)24-11-18(20,21)22/h1-5,8,12H,6-7,9-11H2,(H,24,28)(H,23,25,26). The topological polar surface area (TPSA) is 70.2 Å². The molecule has 0 radical (unpaired) electrons. The van der Waals surface area contributed by atoms with Crippen LogP contribution in [-0.4, -0.2) is 41.7 Å². The zero-order valence-corrected chi connectivity index (χ0v) is 14.8. The lowest BCUT2D eigenvalue weighted by Crippen LogP contribution is -2.43. The number of benzene rings is 1. The highest BCUT2D eigenvalue weighted by Gasteiger charge is 2.31. The first kappa shape index (κ1) is 19.8. The first-order valence-corrected chi connectivity index (χ1v) is 8.76. The van der Waals surface area contributed by atoms with E-state index in [-0.39, 0.29) is 5.69 Å². The van der Waals surface area contributed by atoms with Crippen molar-refractivity contribution >= 4 is 23.4 Å². The van der Waals surface area contributed by atoms with Gasteiger partial charge in [-0.05, 0) is 31.0 Å². The minimum atomic E-state index is -4.42. The number of para-hydroxylation sites is 1. The summed E-state index contributed by atoms with van der Waals surface area (Å²) in [4.78, 5) is 22.3. The molecule has 0 atom stereocenters. The number of hydrogen-bond donors (Lipinski definition) is 2. The fraction of sp³-hybridized carbons (Fsp3) is 0.389. The number of carbonyl (C=O) groups is 1. The highest BCUT2D eigenvalue weighted by Crippen LogP contribution is 2.24. The largest absolute Gasteiger partial charge is 0.405 e. The van der Waals surface area contributed by atoms with Crippen LogP contribution >= 0.6 is 0 Å². The van der Waals surface area contributed by atoms with Gasteiger partial charge in [0.05, 0.1) is 5.69 Å². The van der Waals surface area contributed by atoms with Crippen molar-refractivity contribution in [2.75, 3.05) is 29.9 Å². The minimum absolute atomic E-state index is 0.284. The molecule has 0 aliphatic carbocycles. The molecule has 28 heavy (non-hydrogen) atoms. The van der Waals surface area contributed by atoms with Crippen LogP contribution in [-0.2, 0) is 4.79 Å². The Kier molecular flexibility index (Phi) is 5.96. The predicted molar refractivity (Wildman–Crippen MR) is 95.7 cm³/mol. The number of piperidine rings is 1. The van der Waals surface area contributed by atoms with E-state index in [1.807, 2.05) is 10.2 Å². The Morgan fingerprint density at radius 3 is 2.57 bits per heavy atom. The van der Waals surface area contributed by atoms with Crippen molar-refractivity contribution < 1.29 is 22.4 Å². The Morgan fingerprint density at radius 1 is 1.18 bits per heavy atom. The Bertz CT molecular complexity index is 822. The monoisotopic (exact) mass is 397 g/mol. The molecule has 6 nitrogen and oxygen atoms in total. The summed E-state index contributed by atoms with van der Waals surface area (Å²) in [6.45, 7) is -0.445. The van der Waals surface area contributed by atoms with Crippen LogP contribution in [0.2, 0.25) is 0 Å². The number of nitrogens with zero attached hydrogens (tertiary/aromatic N) is 3. The molecule has 1 aliphatic rings. The van der Waals surface area contributed by atoms with E-state index in [0.717, 1.165) is 0 Å². The number of hydrogen-bond acceptors (Lipinski definition) is 5. The van der Waals surface area contributed by atoms with Crippen LogP contribution in [0.25, 0.3) is 0 Å². The van der Waals surface area contributed by atoms with Crippen LogP contribution in [0.5, 0.6) is 0 Å². The lowest BCUT2D eigenvalue weighted by Gasteiger charge is -2.31. The molecule has 2 aromatic rings. The summed E-state index contributed by atoms with van der Waals surface area (Å²) in [5, 5.41) is 4.82. The van der Waals surface area contributed by atoms with E-state index in [1.165, 1.54) is 12.3 Å². The van der Waals surface area contributed by atoms with Gasteiger partial charge in [-0.25, -0.2) is 9.37 Å².